The molecular formula is C7H5F3N2O2. The molecular weight excluding hydrogens is 201 g/mol. The monoisotopic (exact) mass is 206 g/mol. The fraction of sp³-hybridized carbons (Fsp3) is 0.143. The van der Waals surface area contributed by atoms with Crippen molar-refractivity contribution < 1.29 is 23.1 Å². The SMILES string of the molecule is NC(=O)c1cc(C(F)(F)F)ncc1O. The topological polar surface area (TPSA) is 76.2 Å². The first-order chi connectivity index (χ1) is 6.32. The zero-order chi connectivity index (χ0) is 10.9. The van der Waals surface area contributed by atoms with Gasteiger partial charge in [-0.05, 0) is 6.07 Å². The number of alkyl halides is 3. The zero-order valence-corrected chi connectivity index (χ0v) is 6.67. The minimum Gasteiger partial charge on any atom is -0.505 e. The Morgan fingerprint density at radius 1 is 1.50 bits per heavy atom. The summed E-state index contributed by atoms with van der Waals surface area (Å²) in [5, 5.41) is 8.94. The molecule has 1 amide bonds. The molecule has 0 saturated heterocycles. The van der Waals surface area contributed by atoms with Crippen molar-refractivity contribution in [2.75, 3.05) is 0 Å². The third kappa shape index (κ3) is 1.93. The van der Waals surface area contributed by atoms with Crippen molar-refractivity contribution in [2.24, 2.45) is 5.73 Å². The summed E-state index contributed by atoms with van der Waals surface area (Å²) in [6.07, 6.45) is -4.14. The predicted octanol–water partition coefficient (Wildman–Crippen LogP) is 0.905. The fourth-order valence-electron chi connectivity index (χ4n) is 0.801. The summed E-state index contributed by atoms with van der Waals surface area (Å²) >= 11 is 0. The molecule has 0 atom stereocenters. The molecule has 0 spiro atoms. The van der Waals surface area contributed by atoms with Gasteiger partial charge in [0.2, 0.25) is 0 Å². The highest BCUT2D eigenvalue weighted by Gasteiger charge is 2.33. The van der Waals surface area contributed by atoms with E-state index in [0.717, 1.165) is 0 Å². The smallest absolute Gasteiger partial charge is 0.433 e. The number of pyridine rings is 1. The molecule has 0 aliphatic carbocycles. The van der Waals surface area contributed by atoms with Crippen LogP contribution in [-0.2, 0) is 6.18 Å². The Labute approximate surface area is 76.2 Å². The van der Waals surface area contributed by atoms with Crippen LogP contribution >= 0.6 is 0 Å². The summed E-state index contributed by atoms with van der Waals surface area (Å²) in [4.78, 5) is 13.5. The van der Waals surface area contributed by atoms with Crippen molar-refractivity contribution in [2.45, 2.75) is 6.18 Å². The van der Waals surface area contributed by atoms with Gasteiger partial charge in [0.05, 0.1) is 11.8 Å². The molecule has 1 rings (SSSR count). The predicted molar refractivity (Wildman–Crippen MR) is 39.4 cm³/mol. The van der Waals surface area contributed by atoms with E-state index in [9.17, 15) is 18.0 Å². The molecule has 1 aromatic heterocycles. The Kier molecular flexibility index (Phi) is 2.33. The second kappa shape index (κ2) is 3.17. The van der Waals surface area contributed by atoms with Crippen molar-refractivity contribution in [1.82, 2.24) is 4.98 Å². The number of amides is 1. The van der Waals surface area contributed by atoms with Gasteiger partial charge in [-0.15, -0.1) is 0 Å². The first-order valence-electron chi connectivity index (χ1n) is 3.38. The summed E-state index contributed by atoms with van der Waals surface area (Å²) in [7, 11) is 0. The van der Waals surface area contributed by atoms with Crippen LogP contribution < -0.4 is 5.73 Å². The first-order valence-corrected chi connectivity index (χ1v) is 3.38. The van der Waals surface area contributed by atoms with E-state index in [0.29, 0.717) is 12.3 Å². The van der Waals surface area contributed by atoms with Crippen molar-refractivity contribution >= 4 is 5.91 Å². The number of nitrogens with zero attached hydrogens (tertiary/aromatic N) is 1. The number of primary amides is 1. The fourth-order valence-corrected chi connectivity index (χ4v) is 0.801. The van der Waals surface area contributed by atoms with Gasteiger partial charge >= 0.3 is 6.18 Å². The molecule has 0 aliphatic rings. The molecule has 0 bridgehead atoms. The van der Waals surface area contributed by atoms with Crippen LogP contribution in [0.2, 0.25) is 0 Å². The molecule has 3 N–H and O–H groups in total. The highest BCUT2D eigenvalue weighted by Crippen LogP contribution is 2.29. The van der Waals surface area contributed by atoms with Crippen LogP contribution in [0.5, 0.6) is 5.75 Å². The van der Waals surface area contributed by atoms with Crippen LogP contribution in [0.25, 0.3) is 0 Å². The number of carbonyl (C=O) groups excluding carboxylic acids is 1. The zero-order valence-electron chi connectivity index (χ0n) is 6.67. The summed E-state index contributed by atoms with van der Waals surface area (Å²) in [6, 6.07) is 0.400. The van der Waals surface area contributed by atoms with E-state index in [1.807, 2.05) is 0 Å². The molecule has 4 nitrogen and oxygen atoms in total. The van der Waals surface area contributed by atoms with Crippen molar-refractivity contribution in [3.8, 4) is 5.75 Å². The lowest BCUT2D eigenvalue weighted by Gasteiger charge is -2.06. The number of halogens is 3. The maximum absolute atomic E-state index is 12.1. The number of aromatic hydroxyl groups is 1. The van der Waals surface area contributed by atoms with Gasteiger partial charge in [0, 0.05) is 0 Å². The van der Waals surface area contributed by atoms with Gasteiger partial charge in [0.1, 0.15) is 11.4 Å². The number of nitrogens with two attached hydrogens (primary N) is 1. The van der Waals surface area contributed by atoms with Crippen LogP contribution in [-0.4, -0.2) is 16.0 Å². The Morgan fingerprint density at radius 3 is 2.50 bits per heavy atom. The van der Waals surface area contributed by atoms with Crippen LogP contribution in [0.3, 0.4) is 0 Å². The van der Waals surface area contributed by atoms with E-state index < -0.39 is 29.1 Å². The van der Waals surface area contributed by atoms with E-state index in [4.69, 9.17) is 10.8 Å². The Bertz CT molecular complexity index is 376. The molecule has 0 unspecified atom stereocenters. The van der Waals surface area contributed by atoms with Gasteiger partial charge < -0.3 is 10.8 Å². The molecule has 7 heteroatoms. The normalized spacial score (nSPS) is 11.4. The van der Waals surface area contributed by atoms with Gasteiger partial charge in [-0.1, -0.05) is 0 Å². The second-order valence-electron chi connectivity index (χ2n) is 2.45. The minimum atomic E-state index is -4.67. The van der Waals surface area contributed by atoms with E-state index in [1.54, 1.807) is 0 Å². The summed E-state index contributed by atoms with van der Waals surface area (Å²) in [6.45, 7) is 0. The molecule has 0 radical (unpaired) electrons. The largest absolute Gasteiger partial charge is 0.505 e. The van der Waals surface area contributed by atoms with Crippen molar-refractivity contribution in [3.05, 3.63) is 23.5 Å². The lowest BCUT2D eigenvalue weighted by atomic mass is 10.2. The van der Waals surface area contributed by atoms with Crippen LogP contribution in [0, 0.1) is 0 Å². The van der Waals surface area contributed by atoms with E-state index in [-0.39, 0.29) is 0 Å². The minimum absolute atomic E-state index is 0.400. The van der Waals surface area contributed by atoms with E-state index in [2.05, 4.69) is 4.98 Å². The quantitative estimate of drug-likeness (QED) is 0.716. The van der Waals surface area contributed by atoms with E-state index in [1.165, 1.54) is 0 Å². The number of hydrogen-bond donors (Lipinski definition) is 2. The molecule has 0 aliphatic heterocycles. The third-order valence-electron chi connectivity index (χ3n) is 1.44. The third-order valence-corrected chi connectivity index (χ3v) is 1.44. The average Bonchev–Trinajstić information content (AvgIpc) is 2.02. The summed E-state index contributed by atoms with van der Waals surface area (Å²) in [5.41, 5.74) is 2.85. The maximum atomic E-state index is 12.1. The highest BCUT2D eigenvalue weighted by molar-refractivity contribution is 5.95. The summed E-state index contributed by atoms with van der Waals surface area (Å²) in [5.74, 6) is -1.82. The lowest BCUT2D eigenvalue weighted by molar-refractivity contribution is -0.141. The lowest BCUT2D eigenvalue weighted by Crippen LogP contribution is -2.15. The van der Waals surface area contributed by atoms with Crippen molar-refractivity contribution in [1.29, 1.82) is 0 Å². The molecule has 1 aromatic rings. The molecule has 0 fully saturated rings. The van der Waals surface area contributed by atoms with Gasteiger partial charge in [0.25, 0.3) is 5.91 Å². The number of hydrogen-bond acceptors (Lipinski definition) is 3. The first kappa shape index (κ1) is 10.3. The van der Waals surface area contributed by atoms with Crippen molar-refractivity contribution in [3.63, 3.8) is 0 Å². The van der Waals surface area contributed by atoms with Crippen LogP contribution in [0.15, 0.2) is 12.3 Å². The molecule has 0 saturated carbocycles. The van der Waals surface area contributed by atoms with Gasteiger partial charge in [-0.2, -0.15) is 13.2 Å². The Balaban J connectivity index is 3.27. The highest BCUT2D eigenvalue weighted by atomic mass is 19.4. The molecule has 14 heavy (non-hydrogen) atoms. The second-order valence-corrected chi connectivity index (χ2v) is 2.45. The summed E-state index contributed by atoms with van der Waals surface area (Å²) < 4.78 is 36.2. The number of rotatable bonds is 1. The maximum Gasteiger partial charge on any atom is 0.433 e. The standard InChI is InChI=1S/C7H5F3N2O2/c8-7(9,10)5-1-3(6(11)14)4(13)2-12-5/h1-2,13H,(H2,11,14). The average molecular weight is 206 g/mol. The van der Waals surface area contributed by atoms with Crippen LogP contribution in [0.4, 0.5) is 13.2 Å². The number of aromatic nitrogens is 1. The molecule has 76 valence electrons. The number of carbonyl (C=O) groups is 1. The molecule has 1 heterocycles. The Morgan fingerprint density at radius 2 is 2.07 bits per heavy atom. The Hall–Kier alpha value is -1.79. The van der Waals surface area contributed by atoms with E-state index >= 15 is 0 Å². The van der Waals surface area contributed by atoms with Gasteiger partial charge in [-0.25, -0.2) is 4.98 Å². The molecule has 0 aromatic carbocycles. The van der Waals surface area contributed by atoms with Crippen LogP contribution in [0.1, 0.15) is 16.1 Å². The van der Waals surface area contributed by atoms with Gasteiger partial charge in [-0.3, -0.25) is 4.79 Å². The van der Waals surface area contributed by atoms with Gasteiger partial charge in [0.15, 0.2) is 0 Å².